The van der Waals surface area contributed by atoms with Gasteiger partial charge in [0.15, 0.2) is 18.9 Å². The van der Waals surface area contributed by atoms with E-state index in [1.54, 1.807) is 6.08 Å². The highest BCUT2D eigenvalue weighted by Gasteiger charge is 2.53. The largest absolute Gasteiger partial charge is 0.394 e. The Labute approximate surface area is 586 Å². The summed E-state index contributed by atoms with van der Waals surface area (Å²) in [4.78, 5) is 13.4. The maximum Gasteiger partial charge on any atom is 0.220 e. The smallest absolute Gasteiger partial charge is 0.220 e. The van der Waals surface area contributed by atoms with E-state index in [1.165, 1.54) is 212 Å². The van der Waals surface area contributed by atoms with Gasteiger partial charge in [0.05, 0.1) is 38.6 Å². The Kier molecular flexibility index (Phi) is 53.9. The van der Waals surface area contributed by atoms with Gasteiger partial charge in [-0.25, -0.2) is 0 Å². The van der Waals surface area contributed by atoms with Gasteiger partial charge in [-0.3, -0.25) is 4.79 Å². The van der Waals surface area contributed by atoms with Gasteiger partial charge in [-0.05, 0) is 77.0 Å². The zero-order valence-corrected chi connectivity index (χ0v) is 60.3. The zero-order valence-electron chi connectivity index (χ0n) is 60.3. The summed E-state index contributed by atoms with van der Waals surface area (Å²) in [5, 5.41) is 121. The summed E-state index contributed by atoms with van der Waals surface area (Å²) >= 11 is 0. The lowest BCUT2D eigenvalue weighted by atomic mass is 9.96. The third-order valence-electron chi connectivity index (χ3n) is 19.3. The van der Waals surface area contributed by atoms with Crippen molar-refractivity contribution in [3.05, 3.63) is 60.8 Å². The number of carbonyl (C=O) groups excluding carboxylic acids is 1. The van der Waals surface area contributed by atoms with E-state index in [4.69, 9.17) is 28.4 Å². The topological polar surface area (TPSA) is 307 Å². The molecule has 0 saturated carbocycles. The maximum absolute atomic E-state index is 13.4. The van der Waals surface area contributed by atoms with Crippen LogP contribution < -0.4 is 5.32 Å². The van der Waals surface area contributed by atoms with Crippen molar-refractivity contribution in [1.82, 2.24) is 5.32 Å². The van der Waals surface area contributed by atoms with Crippen molar-refractivity contribution in [2.24, 2.45) is 0 Å². The molecule has 3 rings (SSSR count). The highest BCUT2D eigenvalue weighted by Crippen LogP contribution is 2.33. The number of rotatable bonds is 61. The monoisotopic (exact) mass is 1380 g/mol. The quantitative estimate of drug-likeness (QED) is 0.0199. The molecule has 3 saturated heterocycles. The summed E-state index contributed by atoms with van der Waals surface area (Å²) in [5.41, 5.74) is 0. The molecule has 0 aromatic rings. The first-order chi connectivity index (χ1) is 47.3. The van der Waals surface area contributed by atoms with E-state index < -0.39 is 124 Å². The van der Waals surface area contributed by atoms with Crippen molar-refractivity contribution in [3.8, 4) is 0 Å². The minimum atomic E-state index is -1.98. The normalized spacial score (nSPS) is 27.2. The summed E-state index contributed by atoms with van der Waals surface area (Å²) < 4.78 is 34.4. The third kappa shape index (κ3) is 39.6. The molecule has 3 heterocycles. The molecule has 3 fully saturated rings. The molecule has 0 spiro atoms. The first-order valence-corrected chi connectivity index (χ1v) is 39.0. The van der Waals surface area contributed by atoms with Crippen molar-refractivity contribution < 1.29 is 89.4 Å². The van der Waals surface area contributed by atoms with E-state index in [1.807, 2.05) is 6.08 Å². The molecule has 12 N–H and O–H groups in total. The zero-order chi connectivity index (χ0) is 70.4. The number of aliphatic hydroxyl groups excluding tert-OH is 11. The average Bonchev–Trinajstić information content (AvgIpc) is 0.845. The average molecular weight is 1380 g/mol. The Morgan fingerprint density at radius 1 is 0.371 bits per heavy atom. The van der Waals surface area contributed by atoms with E-state index in [0.717, 1.165) is 51.4 Å². The second-order valence-corrected chi connectivity index (χ2v) is 27.8. The summed E-state index contributed by atoms with van der Waals surface area (Å²) in [5.74, 6) is -0.286. The van der Waals surface area contributed by atoms with Gasteiger partial charge >= 0.3 is 0 Å². The molecular formula is C78H141NO18. The number of carbonyl (C=O) groups is 1. The first kappa shape index (κ1) is 88.7. The van der Waals surface area contributed by atoms with E-state index in [2.05, 4.69) is 67.8 Å². The van der Waals surface area contributed by atoms with Gasteiger partial charge in [-0.2, -0.15) is 0 Å². The van der Waals surface area contributed by atoms with Crippen LogP contribution in [0.1, 0.15) is 296 Å². The molecule has 0 bridgehead atoms. The molecule has 1 amide bonds. The number of hydrogen-bond acceptors (Lipinski definition) is 18. The van der Waals surface area contributed by atoms with Gasteiger partial charge < -0.3 is 89.9 Å². The van der Waals surface area contributed by atoms with E-state index in [9.17, 15) is 61.0 Å². The minimum absolute atomic E-state index is 0.233. The summed E-state index contributed by atoms with van der Waals surface area (Å²) in [6.45, 7) is 1.72. The first-order valence-electron chi connectivity index (χ1n) is 39.0. The molecule has 0 aromatic carbocycles. The number of hydrogen-bond donors (Lipinski definition) is 12. The fourth-order valence-corrected chi connectivity index (χ4v) is 13.0. The molecule has 97 heavy (non-hydrogen) atoms. The third-order valence-corrected chi connectivity index (χ3v) is 19.3. The van der Waals surface area contributed by atoms with E-state index in [-0.39, 0.29) is 18.9 Å². The van der Waals surface area contributed by atoms with Crippen molar-refractivity contribution in [2.75, 3.05) is 26.4 Å². The summed E-state index contributed by atoms with van der Waals surface area (Å²) in [6, 6.07) is -0.998. The number of unbranched alkanes of at least 4 members (excludes halogenated alkanes) is 37. The number of nitrogens with one attached hydrogen (secondary N) is 1. The van der Waals surface area contributed by atoms with Crippen LogP contribution in [0.2, 0.25) is 0 Å². The van der Waals surface area contributed by atoms with Gasteiger partial charge in [0.25, 0.3) is 0 Å². The molecule has 0 aliphatic carbocycles. The van der Waals surface area contributed by atoms with Gasteiger partial charge in [-0.1, -0.05) is 274 Å². The second-order valence-electron chi connectivity index (χ2n) is 27.8. The van der Waals surface area contributed by atoms with Crippen LogP contribution in [0.5, 0.6) is 0 Å². The molecule has 19 nitrogen and oxygen atoms in total. The van der Waals surface area contributed by atoms with Crippen LogP contribution in [0.15, 0.2) is 60.8 Å². The Hall–Kier alpha value is -2.51. The Morgan fingerprint density at radius 2 is 0.691 bits per heavy atom. The van der Waals surface area contributed by atoms with Crippen LogP contribution >= 0.6 is 0 Å². The molecule has 3 aliphatic heterocycles. The molecule has 566 valence electrons. The summed E-state index contributed by atoms with van der Waals surface area (Å²) in [6.07, 6.45) is 47.9. The van der Waals surface area contributed by atoms with Crippen LogP contribution in [0.4, 0.5) is 0 Å². The number of aliphatic hydroxyl groups is 11. The lowest BCUT2D eigenvalue weighted by Gasteiger charge is -2.48. The van der Waals surface area contributed by atoms with Crippen molar-refractivity contribution in [3.63, 3.8) is 0 Å². The maximum atomic E-state index is 13.4. The lowest BCUT2D eigenvalue weighted by Crippen LogP contribution is -2.66. The molecule has 0 aromatic heterocycles. The standard InChI is InChI=1S/C78H141NO18/c1-3-5-7-9-11-13-15-17-19-21-23-24-25-26-27-28-29-30-31-32-33-34-35-36-38-40-42-44-46-48-50-52-54-56-66(84)79-61(62(83)55-53-51-49-47-45-43-41-39-37-22-20-18-16-14-12-10-8-6-4-2)60-92-76-72(90)69(87)74(64(58-81)94-76)97-78-73(91)70(88)75(65(59-82)95-78)96-77-71(89)68(86)67(85)63(57-80)93-77/h15,17,21,23,37,39,45,47,53,55,61-65,67-78,80-83,85-91H,3-14,16,18-20,22,24-36,38,40-44,46,48-52,54,56-60H2,1-2H3,(H,79,84)/b17-15-,23-21-,39-37+,47-45+,55-53+. The minimum Gasteiger partial charge on any atom is -0.394 e. The number of ether oxygens (including phenoxy) is 6. The van der Waals surface area contributed by atoms with Crippen molar-refractivity contribution in [2.45, 2.75) is 401 Å². The molecule has 0 radical (unpaired) electrons. The van der Waals surface area contributed by atoms with Crippen molar-refractivity contribution >= 4 is 5.91 Å². The van der Waals surface area contributed by atoms with Gasteiger partial charge in [0, 0.05) is 6.42 Å². The highest BCUT2D eigenvalue weighted by atomic mass is 16.8. The Balaban J connectivity index is 1.37. The molecule has 19 heteroatoms. The molecule has 17 atom stereocenters. The fraction of sp³-hybridized carbons (Fsp3) is 0.859. The van der Waals surface area contributed by atoms with Crippen LogP contribution in [-0.4, -0.2) is 193 Å². The van der Waals surface area contributed by atoms with Crippen LogP contribution in [0, 0.1) is 0 Å². The number of amides is 1. The molecular weight excluding hydrogens is 1240 g/mol. The van der Waals surface area contributed by atoms with Gasteiger partial charge in [0.1, 0.15) is 73.2 Å². The molecule has 17 unspecified atom stereocenters. The van der Waals surface area contributed by atoms with Gasteiger partial charge in [-0.15, -0.1) is 0 Å². The number of allylic oxidation sites excluding steroid dienone is 9. The lowest BCUT2D eigenvalue weighted by molar-refractivity contribution is -0.379. The van der Waals surface area contributed by atoms with E-state index in [0.29, 0.717) is 12.8 Å². The Bertz CT molecular complexity index is 1990. The Morgan fingerprint density at radius 3 is 1.09 bits per heavy atom. The van der Waals surface area contributed by atoms with Crippen LogP contribution in [0.25, 0.3) is 0 Å². The summed E-state index contributed by atoms with van der Waals surface area (Å²) in [7, 11) is 0. The second kappa shape index (κ2) is 58.9. The van der Waals surface area contributed by atoms with Crippen LogP contribution in [0.3, 0.4) is 0 Å². The highest BCUT2D eigenvalue weighted by molar-refractivity contribution is 5.76. The SMILES string of the molecule is CCCCCCC/C=C\C/C=C\CCCCCCCCCCCCCCCCCCCCCCCC(=O)NC(COC1OC(CO)C(OC2OC(CO)C(OC3OC(CO)C(O)C(O)C3O)C(O)C2O)C(O)C1O)C(O)/C=C/CC/C=C/CC/C=C/CCCCCCCCCCC. The van der Waals surface area contributed by atoms with Gasteiger partial charge in [0.2, 0.25) is 5.91 Å². The van der Waals surface area contributed by atoms with E-state index >= 15 is 0 Å². The fourth-order valence-electron chi connectivity index (χ4n) is 13.0. The molecule has 3 aliphatic rings. The van der Waals surface area contributed by atoms with Crippen molar-refractivity contribution in [1.29, 1.82) is 0 Å². The predicted octanol–water partition coefficient (Wildman–Crippen LogP) is 12.3. The van der Waals surface area contributed by atoms with Crippen LogP contribution in [-0.2, 0) is 33.2 Å². The predicted molar refractivity (Wildman–Crippen MR) is 383 cm³/mol.